The number of nitrogens with two attached hydrogens (primary N) is 1. The van der Waals surface area contributed by atoms with Gasteiger partial charge < -0.3 is 20.1 Å². The second-order valence-corrected chi connectivity index (χ2v) is 18.5. The Balaban J connectivity index is 3.98. The average molecular weight is 906 g/mol. The van der Waals surface area contributed by atoms with E-state index in [0.29, 0.717) is 6.42 Å². The van der Waals surface area contributed by atoms with Crippen LogP contribution in [0.4, 0.5) is 0 Å². The molecule has 0 radical (unpaired) electrons. The molecule has 0 rings (SSSR count). The van der Waals surface area contributed by atoms with E-state index in [0.717, 1.165) is 77.0 Å². The number of phosphoric acid groups is 1. The molecule has 366 valence electrons. The maximum absolute atomic E-state index is 12.6. The van der Waals surface area contributed by atoms with Crippen molar-refractivity contribution in [3.63, 3.8) is 0 Å². The third kappa shape index (κ3) is 49.0. The molecule has 10 heteroatoms. The summed E-state index contributed by atoms with van der Waals surface area (Å²) in [5.41, 5.74) is 5.36. The SMILES string of the molecule is CC/C=C\C/C=C\C/C=C\CCCCCCCC(=O)OC(COC(=O)CCCCCCCCCCCCCCCCC/C=C\C/C=C\CCCCCCC)COP(=O)(O)OCCN. The van der Waals surface area contributed by atoms with Crippen molar-refractivity contribution in [2.45, 2.75) is 238 Å². The summed E-state index contributed by atoms with van der Waals surface area (Å²) in [6.07, 6.45) is 59.8. The molecule has 63 heavy (non-hydrogen) atoms. The fourth-order valence-corrected chi connectivity index (χ4v) is 7.86. The van der Waals surface area contributed by atoms with Gasteiger partial charge in [0.05, 0.1) is 13.2 Å². The average Bonchev–Trinajstić information content (AvgIpc) is 3.27. The fraction of sp³-hybridized carbons (Fsp3) is 0.774. The Morgan fingerprint density at radius 2 is 0.873 bits per heavy atom. The largest absolute Gasteiger partial charge is 0.472 e. The van der Waals surface area contributed by atoms with Gasteiger partial charge in [0.1, 0.15) is 6.61 Å². The molecule has 0 bridgehead atoms. The second kappa shape index (κ2) is 49.2. The molecular formula is C53H96NO8P. The molecular weight excluding hydrogens is 810 g/mol. The molecule has 2 atom stereocenters. The first-order valence-electron chi connectivity index (χ1n) is 25.8. The minimum Gasteiger partial charge on any atom is -0.462 e. The third-order valence-corrected chi connectivity index (χ3v) is 11.9. The molecule has 0 aliphatic heterocycles. The van der Waals surface area contributed by atoms with Gasteiger partial charge in [-0.05, 0) is 77.0 Å². The van der Waals surface area contributed by atoms with Crippen LogP contribution in [-0.2, 0) is 32.7 Å². The summed E-state index contributed by atoms with van der Waals surface area (Å²) in [7, 11) is -4.39. The van der Waals surface area contributed by atoms with Crippen LogP contribution in [0, 0.1) is 0 Å². The number of unbranched alkanes of at least 4 members (excludes halogenated alkanes) is 25. The van der Waals surface area contributed by atoms with E-state index in [2.05, 4.69) is 74.6 Å². The van der Waals surface area contributed by atoms with Crippen LogP contribution in [-0.4, -0.2) is 49.3 Å². The van der Waals surface area contributed by atoms with Gasteiger partial charge >= 0.3 is 19.8 Å². The summed E-state index contributed by atoms with van der Waals surface area (Å²) < 4.78 is 32.9. The number of carbonyl (C=O) groups excluding carboxylic acids is 2. The first-order valence-corrected chi connectivity index (χ1v) is 27.3. The molecule has 0 fully saturated rings. The van der Waals surface area contributed by atoms with Crippen LogP contribution < -0.4 is 5.73 Å². The smallest absolute Gasteiger partial charge is 0.462 e. The molecule has 0 spiro atoms. The highest BCUT2D eigenvalue weighted by molar-refractivity contribution is 7.47. The number of phosphoric ester groups is 1. The van der Waals surface area contributed by atoms with Crippen molar-refractivity contribution in [3.05, 3.63) is 60.8 Å². The number of hydrogen-bond donors (Lipinski definition) is 2. The van der Waals surface area contributed by atoms with E-state index in [4.69, 9.17) is 24.3 Å². The summed E-state index contributed by atoms with van der Waals surface area (Å²) in [5.74, 6) is -0.845. The van der Waals surface area contributed by atoms with Crippen LogP contribution in [0.25, 0.3) is 0 Å². The van der Waals surface area contributed by atoms with Crippen molar-refractivity contribution in [3.8, 4) is 0 Å². The van der Waals surface area contributed by atoms with Gasteiger partial charge in [0.25, 0.3) is 0 Å². The maximum atomic E-state index is 12.6. The summed E-state index contributed by atoms with van der Waals surface area (Å²) in [5, 5.41) is 0. The zero-order chi connectivity index (χ0) is 46.0. The van der Waals surface area contributed by atoms with Crippen LogP contribution >= 0.6 is 7.82 Å². The third-order valence-electron chi connectivity index (χ3n) is 10.9. The van der Waals surface area contributed by atoms with Gasteiger partial charge in [-0.25, -0.2) is 4.57 Å². The van der Waals surface area contributed by atoms with E-state index in [1.54, 1.807) is 0 Å². The molecule has 0 aromatic carbocycles. The normalized spacial score (nSPS) is 13.7. The van der Waals surface area contributed by atoms with E-state index in [-0.39, 0.29) is 38.6 Å². The van der Waals surface area contributed by atoms with Crippen LogP contribution in [0.3, 0.4) is 0 Å². The lowest BCUT2D eigenvalue weighted by molar-refractivity contribution is -0.161. The van der Waals surface area contributed by atoms with Crippen LogP contribution in [0.2, 0.25) is 0 Å². The highest BCUT2D eigenvalue weighted by atomic mass is 31.2. The van der Waals surface area contributed by atoms with Crippen LogP contribution in [0.15, 0.2) is 60.8 Å². The van der Waals surface area contributed by atoms with Crippen molar-refractivity contribution in [1.82, 2.24) is 0 Å². The Morgan fingerprint density at radius 1 is 0.492 bits per heavy atom. The summed E-state index contributed by atoms with van der Waals surface area (Å²) >= 11 is 0. The van der Waals surface area contributed by atoms with Gasteiger partial charge in [0.15, 0.2) is 6.10 Å². The van der Waals surface area contributed by atoms with E-state index >= 15 is 0 Å². The summed E-state index contributed by atoms with van der Waals surface area (Å²) in [4.78, 5) is 35.0. The molecule has 0 amide bonds. The van der Waals surface area contributed by atoms with Gasteiger partial charge in [0, 0.05) is 19.4 Å². The Bertz CT molecular complexity index is 1220. The topological polar surface area (TPSA) is 134 Å². The van der Waals surface area contributed by atoms with E-state index in [1.165, 1.54) is 122 Å². The van der Waals surface area contributed by atoms with Crippen molar-refractivity contribution in [2.75, 3.05) is 26.4 Å². The number of esters is 2. The fourth-order valence-electron chi connectivity index (χ4n) is 7.09. The van der Waals surface area contributed by atoms with Gasteiger partial charge in [-0.15, -0.1) is 0 Å². The van der Waals surface area contributed by atoms with Crippen molar-refractivity contribution < 1.29 is 37.6 Å². The first kappa shape index (κ1) is 60.7. The molecule has 0 aromatic heterocycles. The molecule has 0 heterocycles. The molecule has 0 aliphatic rings. The Hall–Kier alpha value is -2.29. The summed E-state index contributed by atoms with van der Waals surface area (Å²) in [6, 6.07) is 0. The minimum atomic E-state index is -4.39. The van der Waals surface area contributed by atoms with E-state index in [9.17, 15) is 19.0 Å². The summed E-state index contributed by atoms with van der Waals surface area (Å²) in [6.45, 7) is 3.61. The van der Waals surface area contributed by atoms with E-state index in [1.807, 2.05) is 0 Å². The molecule has 9 nitrogen and oxygen atoms in total. The predicted molar refractivity (Wildman–Crippen MR) is 266 cm³/mol. The number of carbonyl (C=O) groups is 2. The number of rotatable bonds is 48. The lowest BCUT2D eigenvalue weighted by Crippen LogP contribution is -2.29. The first-order chi connectivity index (χ1) is 30.8. The van der Waals surface area contributed by atoms with Gasteiger partial charge in [-0.2, -0.15) is 0 Å². The molecule has 0 saturated carbocycles. The zero-order valence-electron chi connectivity index (χ0n) is 40.6. The lowest BCUT2D eigenvalue weighted by atomic mass is 10.0. The minimum absolute atomic E-state index is 0.0487. The number of hydrogen-bond acceptors (Lipinski definition) is 8. The van der Waals surface area contributed by atoms with E-state index < -0.39 is 26.5 Å². The van der Waals surface area contributed by atoms with Gasteiger partial charge in [0.2, 0.25) is 0 Å². The standard InChI is InChI=1S/C53H96NO8P/c1-3-5-7-9-11-13-15-17-19-20-21-22-23-24-25-26-27-28-29-30-32-33-35-37-39-41-43-45-52(55)59-49-51(50-61-63(57,58)60-48-47-54)62-53(56)46-44-42-40-38-36-34-31-18-16-14-12-10-8-6-4-2/h6,8,12,14-15,17-18,20-21,31,51H,3-5,7,9-11,13,16,19,22-30,32-50,54H2,1-2H3,(H,57,58)/b8-6-,14-12-,17-15-,21-20-,31-18-. The molecule has 3 N–H and O–H groups in total. The number of allylic oxidation sites excluding steroid dienone is 10. The second-order valence-electron chi connectivity index (χ2n) is 17.0. The van der Waals surface area contributed by atoms with Gasteiger partial charge in [-0.1, -0.05) is 203 Å². The van der Waals surface area contributed by atoms with Gasteiger partial charge in [-0.3, -0.25) is 18.6 Å². The molecule has 0 aromatic rings. The highest BCUT2D eigenvalue weighted by Gasteiger charge is 2.26. The highest BCUT2D eigenvalue weighted by Crippen LogP contribution is 2.43. The Labute approximate surface area is 387 Å². The predicted octanol–water partition coefficient (Wildman–Crippen LogP) is 15.6. The van der Waals surface area contributed by atoms with Crippen molar-refractivity contribution in [2.24, 2.45) is 5.73 Å². The Kier molecular flexibility index (Phi) is 47.4. The van der Waals surface area contributed by atoms with Crippen LogP contribution in [0.5, 0.6) is 0 Å². The quantitative estimate of drug-likeness (QED) is 0.0265. The molecule has 2 unspecified atom stereocenters. The van der Waals surface area contributed by atoms with Crippen LogP contribution in [0.1, 0.15) is 232 Å². The van der Waals surface area contributed by atoms with Crippen molar-refractivity contribution in [1.29, 1.82) is 0 Å². The molecule has 0 saturated heterocycles. The number of ether oxygens (including phenoxy) is 2. The Morgan fingerprint density at radius 3 is 1.30 bits per heavy atom. The van der Waals surface area contributed by atoms with Crippen molar-refractivity contribution >= 4 is 19.8 Å². The molecule has 0 aliphatic carbocycles. The monoisotopic (exact) mass is 906 g/mol. The maximum Gasteiger partial charge on any atom is 0.472 e. The zero-order valence-corrected chi connectivity index (χ0v) is 41.4. The lowest BCUT2D eigenvalue weighted by Gasteiger charge is -2.19.